The van der Waals surface area contributed by atoms with Gasteiger partial charge >= 0.3 is 0 Å². The lowest BCUT2D eigenvalue weighted by molar-refractivity contribution is -0.123. The van der Waals surface area contributed by atoms with Crippen LogP contribution in [0.2, 0.25) is 0 Å². The van der Waals surface area contributed by atoms with Gasteiger partial charge in [-0.2, -0.15) is 0 Å². The first-order valence-electron chi connectivity index (χ1n) is 7.09. The van der Waals surface area contributed by atoms with Crippen molar-refractivity contribution in [2.75, 3.05) is 14.2 Å². The highest BCUT2D eigenvalue weighted by molar-refractivity contribution is 5.81. The van der Waals surface area contributed by atoms with Crippen molar-refractivity contribution in [1.82, 2.24) is 10.6 Å². The molecule has 20 heavy (non-hydrogen) atoms. The van der Waals surface area contributed by atoms with Crippen molar-refractivity contribution in [3.05, 3.63) is 35.4 Å². The van der Waals surface area contributed by atoms with E-state index in [1.807, 2.05) is 12.1 Å². The lowest BCUT2D eigenvalue weighted by Crippen LogP contribution is -2.43. The molecule has 1 atom stereocenters. The Morgan fingerprint density at radius 3 is 2.45 bits per heavy atom. The predicted molar refractivity (Wildman–Crippen MR) is 81.3 cm³/mol. The molecule has 0 heterocycles. The highest BCUT2D eigenvalue weighted by Gasteiger charge is 2.18. The second kappa shape index (κ2) is 8.72. The standard InChI is InChI=1S/C16H26N2O2/c1-12(2)9-15(16(19)17-3)18-10-13-7-5-6-8-14(13)11-20-4/h5-8,12,15,18H,9-11H2,1-4H3,(H,17,19). The minimum Gasteiger partial charge on any atom is -0.380 e. The summed E-state index contributed by atoms with van der Waals surface area (Å²) >= 11 is 0. The smallest absolute Gasteiger partial charge is 0.236 e. The van der Waals surface area contributed by atoms with Crippen LogP contribution in [0.15, 0.2) is 24.3 Å². The number of nitrogens with one attached hydrogen (secondary N) is 2. The monoisotopic (exact) mass is 278 g/mol. The summed E-state index contributed by atoms with van der Waals surface area (Å²) in [6.45, 7) is 5.50. The fourth-order valence-electron chi connectivity index (χ4n) is 2.19. The van der Waals surface area contributed by atoms with Gasteiger partial charge in [0, 0.05) is 20.7 Å². The van der Waals surface area contributed by atoms with Crippen molar-refractivity contribution in [3.63, 3.8) is 0 Å². The van der Waals surface area contributed by atoms with Crippen molar-refractivity contribution < 1.29 is 9.53 Å². The molecule has 0 aromatic heterocycles. The molecule has 1 unspecified atom stereocenters. The number of methoxy groups -OCH3 is 1. The minimum atomic E-state index is -0.157. The lowest BCUT2D eigenvalue weighted by atomic mass is 10.0. The molecule has 4 nitrogen and oxygen atoms in total. The van der Waals surface area contributed by atoms with Crippen LogP contribution in [0.3, 0.4) is 0 Å². The summed E-state index contributed by atoms with van der Waals surface area (Å²) in [5.74, 6) is 0.516. The molecule has 4 heteroatoms. The van der Waals surface area contributed by atoms with Gasteiger partial charge in [-0.05, 0) is 23.5 Å². The molecule has 0 aliphatic heterocycles. The zero-order valence-corrected chi connectivity index (χ0v) is 12.9. The van der Waals surface area contributed by atoms with E-state index in [1.165, 1.54) is 5.56 Å². The number of hydrogen-bond donors (Lipinski definition) is 2. The van der Waals surface area contributed by atoms with Crippen molar-refractivity contribution in [3.8, 4) is 0 Å². The molecule has 1 aromatic carbocycles. The van der Waals surface area contributed by atoms with Gasteiger partial charge < -0.3 is 15.4 Å². The van der Waals surface area contributed by atoms with E-state index in [4.69, 9.17) is 4.74 Å². The Balaban J connectivity index is 2.69. The number of hydrogen-bond acceptors (Lipinski definition) is 3. The van der Waals surface area contributed by atoms with Crippen molar-refractivity contribution in [2.45, 2.75) is 39.5 Å². The fourth-order valence-corrected chi connectivity index (χ4v) is 2.19. The average molecular weight is 278 g/mol. The molecule has 1 aromatic rings. The van der Waals surface area contributed by atoms with Crippen molar-refractivity contribution in [2.24, 2.45) is 5.92 Å². The number of benzene rings is 1. The molecule has 0 aliphatic rings. The summed E-state index contributed by atoms with van der Waals surface area (Å²) in [5.41, 5.74) is 2.33. The zero-order chi connectivity index (χ0) is 15.0. The Kier molecular flexibility index (Phi) is 7.26. The van der Waals surface area contributed by atoms with Gasteiger partial charge in [0.25, 0.3) is 0 Å². The van der Waals surface area contributed by atoms with Crippen LogP contribution in [0.4, 0.5) is 0 Å². The van der Waals surface area contributed by atoms with E-state index in [0.717, 1.165) is 12.0 Å². The third kappa shape index (κ3) is 5.31. The average Bonchev–Trinajstić information content (AvgIpc) is 2.44. The van der Waals surface area contributed by atoms with Crippen LogP contribution in [0, 0.1) is 5.92 Å². The van der Waals surface area contributed by atoms with Crippen LogP contribution >= 0.6 is 0 Å². The molecule has 2 N–H and O–H groups in total. The van der Waals surface area contributed by atoms with E-state index in [2.05, 4.69) is 36.6 Å². The third-order valence-corrected chi connectivity index (χ3v) is 3.23. The van der Waals surface area contributed by atoms with Gasteiger partial charge in [-0.15, -0.1) is 0 Å². The van der Waals surface area contributed by atoms with Gasteiger partial charge in [0.05, 0.1) is 12.6 Å². The minimum absolute atomic E-state index is 0.0444. The Hall–Kier alpha value is -1.39. The predicted octanol–water partition coefficient (Wildman–Crippen LogP) is 2.08. The number of carbonyl (C=O) groups is 1. The highest BCUT2D eigenvalue weighted by atomic mass is 16.5. The Labute approximate surface area is 121 Å². The molecule has 0 saturated heterocycles. The number of likely N-dealkylation sites (N-methyl/N-ethyl adjacent to an activating group) is 1. The fraction of sp³-hybridized carbons (Fsp3) is 0.562. The van der Waals surface area contributed by atoms with Crippen LogP contribution in [-0.2, 0) is 22.7 Å². The van der Waals surface area contributed by atoms with E-state index in [-0.39, 0.29) is 11.9 Å². The molecule has 0 saturated carbocycles. The number of amides is 1. The first-order valence-corrected chi connectivity index (χ1v) is 7.09. The van der Waals surface area contributed by atoms with Crippen LogP contribution in [0.25, 0.3) is 0 Å². The molecular formula is C16H26N2O2. The second-order valence-electron chi connectivity index (χ2n) is 5.38. The Morgan fingerprint density at radius 1 is 1.25 bits per heavy atom. The van der Waals surface area contributed by atoms with E-state index >= 15 is 0 Å². The van der Waals surface area contributed by atoms with E-state index in [0.29, 0.717) is 19.1 Å². The first kappa shape index (κ1) is 16.7. The number of ether oxygens (including phenoxy) is 1. The maximum atomic E-state index is 11.9. The van der Waals surface area contributed by atoms with Gasteiger partial charge in [-0.25, -0.2) is 0 Å². The first-order chi connectivity index (χ1) is 9.58. The summed E-state index contributed by atoms with van der Waals surface area (Å²) in [6.07, 6.45) is 0.826. The largest absolute Gasteiger partial charge is 0.380 e. The summed E-state index contributed by atoms with van der Waals surface area (Å²) in [7, 11) is 3.37. The quantitative estimate of drug-likeness (QED) is 0.765. The molecule has 0 bridgehead atoms. The molecular weight excluding hydrogens is 252 g/mol. The van der Waals surface area contributed by atoms with Gasteiger partial charge in [-0.1, -0.05) is 38.1 Å². The van der Waals surface area contributed by atoms with E-state index in [1.54, 1.807) is 14.2 Å². The van der Waals surface area contributed by atoms with Crippen LogP contribution < -0.4 is 10.6 Å². The SMILES string of the molecule is CNC(=O)C(CC(C)C)NCc1ccccc1COC. The maximum absolute atomic E-state index is 11.9. The summed E-state index contributed by atoms with van der Waals surface area (Å²) < 4.78 is 5.20. The molecule has 1 rings (SSSR count). The summed E-state index contributed by atoms with van der Waals surface area (Å²) in [6, 6.07) is 7.97. The van der Waals surface area contributed by atoms with Crippen LogP contribution in [0.1, 0.15) is 31.4 Å². The van der Waals surface area contributed by atoms with Crippen LogP contribution in [-0.4, -0.2) is 26.1 Å². The number of rotatable bonds is 8. The second-order valence-corrected chi connectivity index (χ2v) is 5.38. The number of carbonyl (C=O) groups excluding carboxylic acids is 1. The molecule has 1 amide bonds. The summed E-state index contributed by atoms with van der Waals surface area (Å²) in [4.78, 5) is 11.9. The Morgan fingerprint density at radius 2 is 1.90 bits per heavy atom. The lowest BCUT2D eigenvalue weighted by Gasteiger charge is -2.20. The Bertz CT molecular complexity index is 419. The topological polar surface area (TPSA) is 50.4 Å². The maximum Gasteiger partial charge on any atom is 0.236 e. The zero-order valence-electron chi connectivity index (χ0n) is 12.9. The normalized spacial score (nSPS) is 12.4. The van der Waals surface area contributed by atoms with E-state index < -0.39 is 0 Å². The van der Waals surface area contributed by atoms with Crippen LogP contribution in [0.5, 0.6) is 0 Å². The molecule has 112 valence electrons. The third-order valence-electron chi connectivity index (χ3n) is 3.23. The van der Waals surface area contributed by atoms with Gasteiger partial charge in [0.2, 0.25) is 5.91 Å². The van der Waals surface area contributed by atoms with E-state index in [9.17, 15) is 4.79 Å². The van der Waals surface area contributed by atoms with Gasteiger partial charge in [0.15, 0.2) is 0 Å². The van der Waals surface area contributed by atoms with Crippen molar-refractivity contribution >= 4 is 5.91 Å². The molecule has 0 radical (unpaired) electrons. The molecule has 0 aliphatic carbocycles. The molecule has 0 fully saturated rings. The van der Waals surface area contributed by atoms with Gasteiger partial charge in [-0.3, -0.25) is 4.79 Å². The summed E-state index contributed by atoms with van der Waals surface area (Å²) in [5, 5.41) is 6.07. The molecule has 0 spiro atoms. The van der Waals surface area contributed by atoms with Gasteiger partial charge in [0.1, 0.15) is 0 Å². The van der Waals surface area contributed by atoms with Crippen molar-refractivity contribution in [1.29, 1.82) is 0 Å². The highest BCUT2D eigenvalue weighted by Crippen LogP contribution is 2.11.